The van der Waals surface area contributed by atoms with Gasteiger partial charge in [0.15, 0.2) is 0 Å². The molecular weight excluding hydrogens is 262 g/mol. The molecule has 1 atom stereocenters. The van der Waals surface area contributed by atoms with Gasteiger partial charge >= 0.3 is 5.97 Å². The number of rotatable bonds is 5. The lowest BCUT2D eigenvalue weighted by Crippen LogP contribution is -2.51. The Balaban J connectivity index is 1.99. The smallest absolute Gasteiger partial charge is 0.317 e. The molecule has 0 bridgehead atoms. The summed E-state index contributed by atoms with van der Waals surface area (Å²) in [7, 11) is 0. The van der Waals surface area contributed by atoms with Crippen LogP contribution in [0.3, 0.4) is 0 Å². The average molecular weight is 287 g/mol. The monoisotopic (exact) mass is 287 g/mol. The molecule has 1 unspecified atom stereocenters. The number of carboxylic acids is 1. The molecule has 0 aromatic carbocycles. The van der Waals surface area contributed by atoms with Crippen LogP contribution in [-0.4, -0.2) is 58.8 Å². The Bertz CT molecular complexity index is 300. The fourth-order valence-electron chi connectivity index (χ4n) is 3.26. The lowest BCUT2D eigenvalue weighted by atomic mass is 9.84. The Morgan fingerprint density at radius 3 is 2.84 bits per heavy atom. The Hall–Kier alpha value is -0.260. The summed E-state index contributed by atoms with van der Waals surface area (Å²) in [4.78, 5) is 13.2. The van der Waals surface area contributed by atoms with E-state index in [1.54, 1.807) is 0 Å². The predicted molar refractivity (Wildman–Crippen MR) is 77.8 cm³/mol. The van der Waals surface area contributed by atoms with Gasteiger partial charge < -0.3 is 9.84 Å². The quantitative estimate of drug-likeness (QED) is 0.840. The molecule has 0 radical (unpaired) electrons. The van der Waals surface area contributed by atoms with Gasteiger partial charge in [-0.3, -0.25) is 9.69 Å². The first-order chi connectivity index (χ1) is 9.15. The molecule has 2 heterocycles. The van der Waals surface area contributed by atoms with Crippen LogP contribution >= 0.6 is 11.8 Å². The highest BCUT2D eigenvalue weighted by Gasteiger charge is 2.40. The molecule has 0 aromatic heterocycles. The SMILES string of the molecule is CCCN(CC(=O)O)C1CCOC2(CCSCC2)C1. The normalized spacial score (nSPS) is 26.7. The fraction of sp³-hybridized carbons (Fsp3) is 0.929. The van der Waals surface area contributed by atoms with Crippen LogP contribution in [0.2, 0.25) is 0 Å². The summed E-state index contributed by atoms with van der Waals surface area (Å²) < 4.78 is 6.08. The average Bonchev–Trinajstić information content (AvgIpc) is 2.39. The van der Waals surface area contributed by atoms with E-state index >= 15 is 0 Å². The van der Waals surface area contributed by atoms with Gasteiger partial charge in [-0.1, -0.05) is 6.92 Å². The summed E-state index contributed by atoms with van der Waals surface area (Å²) in [5, 5.41) is 9.07. The fourth-order valence-corrected chi connectivity index (χ4v) is 4.49. The maximum Gasteiger partial charge on any atom is 0.317 e. The zero-order valence-electron chi connectivity index (χ0n) is 11.8. The maximum absolute atomic E-state index is 11.0. The van der Waals surface area contributed by atoms with E-state index in [0.717, 1.165) is 45.3 Å². The van der Waals surface area contributed by atoms with Crippen LogP contribution in [0.25, 0.3) is 0 Å². The summed E-state index contributed by atoms with van der Waals surface area (Å²) >= 11 is 2.01. The first-order valence-corrected chi connectivity index (χ1v) is 8.48. The minimum Gasteiger partial charge on any atom is -0.480 e. The Morgan fingerprint density at radius 1 is 1.47 bits per heavy atom. The lowest BCUT2D eigenvalue weighted by Gasteiger charge is -2.46. The van der Waals surface area contributed by atoms with Crippen LogP contribution in [0.1, 0.15) is 39.0 Å². The molecule has 110 valence electrons. The van der Waals surface area contributed by atoms with Crippen molar-refractivity contribution in [3.63, 3.8) is 0 Å². The van der Waals surface area contributed by atoms with Crippen molar-refractivity contribution in [2.24, 2.45) is 0 Å². The van der Waals surface area contributed by atoms with E-state index in [1.165, 1.54) is 11.5 Å². The molecule has 1 spiro atoms. The van der Waals surface area contributed by atoms with Gasteiger partial charge in [0.1, 0.15) is 0 Å². The summed E-state index contributed by atoms with van der Waals surface area (Å²) in [6.45, 7) is 3.95. The molecule has 0 aliphatic carbocycles. The zero-order chi connectivity index (χ0) is 13.7. The van der Waals surface area contributed by atoms with Crippen LogP contribution in [0.15, 0.2) is 0 Å². The standard InChI is InChI=1S/C14H25NO3S/c1-2-6-15(11-13(16)17)12-3-7-18-14(10-12)4-8-19-9-5-14/h12H,2-11H2,1H3,(H,16,17). The molecule has 0 saturated carbocycles. The van der Waals surface area contributed by atoms with Crippen molar-refractivity contribution in [2.45, 2.75) is 50.7 Å². The van der Waals surface area contributed by atoms with Crippen LogP contribution in [0.4, 0.5) is 0 Å². The first-order valence-electron chi connectivity index (χ1n) is 7.33. The molecule has 2 rings (SSSR count). The molecule has 1 N–H and O–H groups in total. The molecule has 2 fully saturated rings. The van der Waals surface area contributed by atoms with Gasteiger partial charge in [0.2, 0.25) is 0 Å². The Labute approximate surface area is 119 Å². The van der Waals surface area contributed by atoms with Gasteiger partial charge in [-0.2, -0.15) is 11.8 Å². The van der Waals surface area contributed by atoms with Crippen molar-refractivity contribution in [1.29, 1.82) is 0 Å². The minimum absolute atomic E-state index is 0.0403. The van der Waals surface area contributed by atoms with E-state index in [0.29, 0.717) is 6.04 Å². The summed E-state index contributed by atoms with van der Waals surface area (Å²) in [6.07, 6.45) is 5.25. The van der Waals surface area contributed by atoms with Crippen molar-refractivity contribution in [1.82, 2.24) is 4.90 Å². The van der Waals surface area contributed by atoms with Gasteiger partial charge in [0, 0.05) is 12.6 Å². The molecule has 4 nitrogen and oxygen atoms in total. The number of hydrogen-bond donors (Lipinski definition) is 1. The number of carbonyl (C=O) groups is 1. The van der Waals surface area contributed by atoms with Gasteiger partial charge in [-0.15, -0.1) is 0 Å². The summed E-state index contributed by atoms with van der Waals surface area (Å²) in [5.41, 5.74) is 0.0403. The van der Waals surface area contributed by atoms with E-state index in [2.05, 4.69) is 11.8 Å². The van der Waals surface area contributed by atoms with Crippen molar-refractivity contribution < 1.29 is 14.6 Å². The van der Waals surface area contributed by atoms with Crippen molar-refractivity contribution in [3.05, 3.63) is 0 Å². The highest BCUT2D eigenvalue weighted by molar-refractivity contribution is 7.99. The molecular formula is C14H25NO3S. The highest BCUT2D eigenvalue weighted by atomic mass is 32.2. The second kappa shape index (κ2) is 6.95. The van der Waals surface area contributed by atoms with Crippen molar-refractivity contribution in [3.8, 4) is 0 Å². The van der Waals surface area contributed by atoms with E-state index in [9.17, 15) is 4.79 Å². The van der Waals surface area contributed by atoms with Crippen LogP contribution < -0.4 is 0 Å². The van der Waals surface area contributed by atoms with Gasteiger partial charge in [0.25, 0.3) is 0 Å². The highest BCUT2D eigenvalue weighted by Crippen LogP contribution is 2.38. The largest absolute Gasteiger partial charge is 0.480 e. The van der Waals surface area contributed by atoms with Gasteiger partial charge in [0.05, 0.1) is 12.1 Å². The van der Waals surface area contributed by atoms with E-state index < -0.39 is 5.97 Å². The Morgan fingerprint density at radius 2 is 2.21 bits per heavy atom. The molecule has 19 heavy (non-hydrogen) atoms. The molecule has 2 aliphatic rings. The predicted octanol–water partition coefficient (Wildman–Crippen LogP) is 2.23. The van der Waals surface area contributed by atoms with Crippen molar-refractivity contribution in [2.75, 3.05) is 31.2 Å². The maximum atomic E-state index is 11.0. The van der Waals surface area contributed by atoms with Gasteiger partial charge in [-0.05, 0) is 50.2 Å². The summed E-state index contributed by atoms with van der Waals surface area (Å²) in [5.74, 6) is 1.65. The summed E-state index contributed by atoms with van der Waals surface area (Å²) in [6, 6.07) is 0.382. The molecule has 5 heteroatoms. The molecule has 0 aromatic rings. The molecule has 0 amide bonds. The van der Waals surface area contributed by atoms with Crippen molar-refractivity contribution >= 4 is 17.7 Å². The number of carboxylic acid groups (broad SMARTS) is 1. The van der Waals surface area contributed by atoms with Crippen LogP contribution in [0, 0.1) is 0 Å². The Kier molecular flexibility index (Phi) is 5.54. The molecule has 2 aliphatic heterocycles. The zero-order valence-corrected chi connectivity index (χ0v) is 12.6. The second-order valence-electron chi connectivity index (χ2n) is 5.65. The molecule has 2 saturated heterocycles. The second-order valence-corrected chi connectivity index (χ2v) is 6.88. The third kappa shape index (κ3) is 4.10. The third-order valence-electron chi connectivity index (χ3n) is 4.24. The lowest BCUT2D eigenvalue weighted by molar-refractivity contribution is -0.142. The van der Waals surface area contributed by atoms with Crippen LogP contribution in [0.5, 0.6) is 0 Å². The van der Waals surface area contributed by atoms with E-state index in [4.69, 9.17) is 9.84 Å². The topological polar surface area (TPSA) is 49.8 Å². The van der Waals surface area contributed by atoms with Crippen LogP contribution in [-0.2, 0) is 9.53 Å². The van der Waals surface area contributed by atoms with Gasteiger partial charge in [-0.25, -0.2) is 0 Å². The number of aliphatic carboxylic acids is 1. The number of thioether (sulfide) groups is 1. The third-order valence-corrected chi connectivity index (χ3v) is 5.22. The van der Waals surface area contributed by atoms with E-state index in [-0.39, 0.29) is 12.1 Å². The minimum atomic E-state index is -0.715. The number of ether oxygens (including phenoxy) is 1. The first kappa shape index (κ1) is 15.1. The number of nitrogens with zero attached hydrogens (tertiary/aromatic N) is 1. The van der Waals surface area contributed by atoms with E-state index in [1.807, 2.05) is 11.8 Å². The number of hydrogen-bond acceptors (Lipinski definition) is 4.